The maximum absolute atomic E-state index is 12.8. The van der Waals surface area contributed by atoms with Crippen LogP contribution in [0.15, 0.2) is 36.2 Å². The van der Waals surface area contributed by atoms with Crippen LogP contribution in [0.4, 0.5) is 0 Å². The number of hydrogen-bond acceptors (Lipinski definition) is 5. The van der Waals surface area contributed by atoms with E-state index in [0.29, 0.717) is 11.3 Å². The van der Waals surface area contributed by atoms with Gasteiger partial charge in [-0.1, -0.05) is 24.3 Å². The Morgan fingerprint density at radius 3 is 2.82 bits per heavy atom. The van der Waals surface area contributed by atoms with E-state index in [-0.39, 0.29) is 16.7 Å². The number of pyridine rings is 1. The van der Waals surface area contributed by atoms with Gasteiger partial charge in [0.1, 0.15) is 5.76 Å². The van der Waals surface area contributed by atoms with Crippen molar-refractivity contribution in [3.05, 3.63) is 47.5 Å². The first-order valence-electron chi connectivity index (χ1n) is 6.69. The van der Waals surface area contributed by atoms with Gasteiger partial charge in [-0.25, -0.2) is 0 Å². The van der Waals surface area contributed by atoms with Gasteiger partial charge in [-0.2, -0.15) is 0 Å². The van der Waals surface area contributed by atoms with E-state index in [0.717, 1.165) is 10.8 Å². The molecule has 0 saturated heterocycles. The smallest absolute Gasteiger partial charge is 0.259 e. The van der Waals surface area contributed by atoms with Crippen molar-refractivity contribution in [3.63, 3.8) is 0 Å². The Labute approximate surface area is 132 Å². The SMILES string of the molecule is CN(C)C(=S)OC1C(=O)c2c(ncc3ccccc23)C=C1O. The maximum atomic E-state index is 12.8. The van der Waals surface area contributed by atoms with E-state index < -0.39 is 6.10 Å². The number of hydrogen-bond donors (Lipinski definition) is 1. The van der Waals surface area contributed by atoms with Crippen LogP contribution < -0.4 is 0 Å². The van der Waals surface area contributed by atoms with Crippen molar-refractivity contribution in [1.82, 2.24) is 9.88 Å². The van der Waals surface area contributed by atoms with E-state index in [4.69, 9.17) is 17.0 Å². The molecule has 1 aromatic carbocycles. The number of fused-ring (bicyclic) bond motifs is 3. The maximum Gasteiger partial charge on any atom is 0.259 e. The summed E-state index contributed by atoms with van der Waals surface area (Å²) in [4.78, 5) is 18.6. The zero-order valence-electron chi connectivity index (χ0n) is 12.1. The van der Waals surface area contributed by atoms with Crippen LogP contribution in [-0.2, 0) is 4.74 Å². The topological polar surface area (TPSA) is 62.7 Å². The van der Waals surface area contributed by atoms with Crippen LogP contribution in [0.25, 0.3) is 16.8 Å². The molecular formula is C16H14N2O3S. The van der Waals surface area contributed by atoms with E-state index >= 15 is 0 Å². The lowest BCUT2D eigenvalue weighted by Gasteiger charge is -2.25. The Kier molecular flexibility index (Phi) is 3.54. The first kappa shape index (κ1) is 14.5. The predicted molar refractivity (Wildman–Crippen MR) is 87.8 cm³/mol. The third-order valence-corrected chi connectivity index (χ3v) is 3.91. The lowest BCUT2D eigenvalue weighted by molar-refractivity contribution is 0.0736. The Balaban J connectivity index is 2.11. The molecule has 112 valence electrons. The summed E-state index contributed by atoms with van der Waals surface area (Å²) in [5.41, 5.74) is 0.888. The van der Waals surface area contributed by atoms with Gasteiger partial charge in [0.05, 0.1) is 11.3 Å². The summed E-state index contributed by atoms with van der Waals surface area (Å²) in [6, 6.07) is 7.47. The molecule has 22 heavy (non-hydrogen) atoms. The third kappa shape index (κ3) is 2.31. The minimum Gasteiger partial charge on any atom is -0.508 e. The minimum absolute atomic E-state index is 0.134. The second kappa shape index (κ2) is 5.38. The molecule has 1 N–H and O–H groups in total. The van der Waals surface area contributed by atoms with Crippen molar-refractivity contribution in [3.8, 4) is 0 Å². The molecule has 6 heteroatoms. The summed E-state index contributed by atoms with van der Waals surface area (Å²) >= 11 is 5.06. The number of benzene rings is 1. The van der Waals surface area contributed by atoms with Crippen LogP contribution in [0.5, 0.6) is 0 Å². The van der Waals surface area contributed by atoms with E-state index in [9.17, 15) is 9.90 Å². The number of aliphatic hydroxyl groups excluding tert-OH is 1. The molecule has 0 saturated carbocycles. The monoisotopic (exact) mass is 314 g/mol. The van der Waals surface area contributed by atoms with Gasteiger partial charge >= 0.3 is 0 Å². The molecule has 1 unspecified atom stereocenters. The second-order valence-electron chi connectivity index (χ2n) is 5.20. The molecule has 3 rings (SSSR count). The molecule has 1 aromatic heterocycles. The first-order valence-corrected chi connectivity index (χ1v) is 7.10. The zero-order valence-corrected chi connectivity index (χ0v) is 12.9. The van der Waals surface area contributed by atoms with E-state index in [2.05, 4.69) is 4.98 Å². The van der Waals surface area contributed by atoms with Gasteiger partial charge in [0.15, 0.2) is 0 Å². The molecular weight excluding hydrogens is 300 g/mol. The molecule has 1 atom stereocenters. The number of Topliss-reactive ketones (excluding diaryl/α,β-unsaturated/α-hetero) is 1. The van der Waals surface area contributed by atoms with Crippen molar-refractivity contribution >= 4 is 40.0 Å². The van der Waals surface area contributed by atoms with Gasteiger partial charge in [0.2, 0.25) is 11.9 Å². The fourth-order valence-electron chi connectivity index (χ4n) is 2.35. The molecule has 5 nitrogen and oxygen atoms in total. The minimum atomic E-state index is -1.13. The van der Waals surface area contributed by atoms with Gasteiger partial charge in [0.25, 0.3) is 5.17 Å². The van der Waals surface area contributed by atoms with Crippen molar-refractivity contribution in [2.24, 2.45) is 0 Å². The standard InChI is InChI=1S/C16H14N2O3S/c1-18(2)16(22)21-15-12(19)7-11-13(14(15)20)10-6-4-3-5-9(10)8-17-11/h3-8,15,19H,1-2H3. The highest BCUT2D eigenvalue weighted by atomic mass is 32.1. The van der Waals surface area contributed by atoms with Gasteiger partial charge in [-0.05, 0) is 17.6 Å². The van der Waals surface area contributed by atoms with Crippen molar-refractivity contribution < 1.29 is 14.6 Å². The molecule has 0 radical (unpaired) electrons. The van der Waals surface area contributed by atoms with Crippen LogP contribution in [0, 0.1) is 0 Å². The lowest BCUT2D eigenvalue weighted by Crippen LogP contribution is -2.36. The summed E-state index contributed by atoms with van der Waals surface area (Å²) in [5, 5.41) is 11.9. The molecule has 0 amide bonds. The fourth-order valence-corrected chi connectivity index (χ4v) is 2.44. The summed E-state index contributed by atoms with van der Waals surface area (Å²) in [6.45, 7) is 0. The highest BCUT2D eigenvalue weighted by Crippen LogP contribution is 2.29. The average Bonchev–Trinajstić information content (AvgIpc) is 2.50. The third-order valence-electron chi connectivity index (χ3n) is 3.45. The number of thiocarbonyl (C=S) groups is 1. The molecule has 1 heterocycles. The molecule has 0 spiro atoms. The molecule has 0 aliphatic heterocycles. The average molecular weight is 314 g/mol. The number of aromatic nitrogens is 1. The van der Waals surface area contributed by atoms with Gasteiger partial charge < -0.3 is 14.7 Å². The Morgan fingerprint density at radius 2 is 2.09 bits per heavy atom. The molecule has 1 aliphatic rings. The van der Waals surface area contributed by atoms with E-state index in [1.165, 1.54) is 6.08 Å². The number of aliphatic hydroxyl groups is 1. The highest BCUT2D eigenvalue weighted by molar-refractivity contribution is 7.80. The summed E-state index contributed by atoms with van der Waals surface area (Å²) in [7, 11) is 3.42. The number of ketones is 1. The van der Waals surface area contributed by atoms with Crippen LogP contribution in [0.1, 0.15) is 16.1 Å². The van der Waals surface area contributed by atoms with Crippen LogP contribution in [-0.4, -0.2) is 46.1 Å². The van der Waals surface area contributed by atoms with Gasteiger partial charge in [0, 0.05) is 31.8 Å². The van der Waals surface area contributed by atoms with Gasteiger partial charge in [-0.15, -0.1) is 0 Å². The Hall–Kier alpha value is -2.47. The first-order chi connectivity index (χ1) is 10.5. The number of carbonyl (C=O) groups is 1. The van der Waals surface area contributed by atoms with Crippen LogP contribution in [0.3, 0.4) is 0 Å². The second-order valence-corrected chi connectivity index (χ2v) is 5.55. The van der Waals surface area contributed by atoms with E-state index in [1.54, 1.807) is 25.2 Å². The van der Waals surface area contributed by atoms with Crippen molar-refractivity contribution in [2.75, 3.05) is 14.1 Å². The predicted octanol–water partition coefficient (Wildman–Crippen LogP) is 2.56. The normalized spacial score (nSPS) is 16.9. The summed E-state index contributed by atoms with van der Waals surface area (Å²) in [6.07, 6.45) is 2.00. The van der Waals surface area contributed by atoms with Crippen molar-refractivity contribution in [1.29, 1.82) is 0 Å². The van der Waals surface area contributed by atoms with Crippen LogP contribution >= 0.6 is 12.2 Å². The fraction of sp³-hybridized carbons (Fsp3) is 0.188. The van der Waals surface area contributed by atoms with Crippen LogP contribution in [0.2, 0.25) is 0 Å². The van der Waals surface area contributed by atoms with Crippen molar-refractivity contribution in [2.45, 2.75) is 6.10 Å². The number of nitrogens with zero attached hydrogens (tertiary/aromatic N) is 2. The quantitative estimate of drug-likeness (QED) is 0.816. The van der Waals surface area contributed by atoms with E-state index in [1.807, 2.05) is 24.3 Å². The number of rotatable bonds is 1. The lowest BCUT2D eigenvalue weighted by atomic mass is 9.92. The molecule has 0 bridgehead atoms. The zero-order chi connectivity index (χ0) is 15.9. The largest absolute Gasteiger partial charge is 0.508 e. The Morgan fingerprint density at radius 1 is 1.36 bits per heavy atom. The number of ether oxygens (including phenoxy) is 1. The van der Waals surface area contributed by atoms with Gasteiger partial charge in [-0.3, -0.25) is 9.78 Å². The number of carbonyl (C=O) groups excluding carboxylic acids is 1. The summed E-state index contributed by atoms with van der Waals surface area (Å²) < 4.78 is 5.44. The molecule has 0 fully saturated rings. The summed E-state index contributed by atoms with van der Waals surface area (Å²) in [5.74, 6) is -0.534. The Bertz CT molecular complexity index is 814. The highest BCUT2D eigenvalue weighted by Gasteiger charge is 2.34. The molecule has 1 aliphatic carbocycles. The molecule has 2 aromatic rings.